The van der Waals surface area contributed by atoms with Crippen molar-refractivity contribution < 1.29 is 0 Å². The molecule has 0 radical (unpaired) electrons. The van der Waals surface area contributed by atoms with E-state index in [-0.39, 0.29) is 5.43 Å². The Morgan fingerprint density at radius 1 is 0.389 bits per heavy atom. The van der Waals surface area contributed by atoms with E-state index in [1.54, 1.807) is 0 Å². The zero-order valence-corrected chi connectivity index (χ0v) is 48.9. The number of aromatic nitrogens is 2. The third-order valence-electron chi connectivity index (χ3n) is 15.9. The minimum absolute atomic E-state index is 0.126. The van der Waals surface area contributed by atoms with Gasteiger partial charge in [0.15, 0.2) is 5.43 Å². The molecule has 394 valence electrons. The van der Waals surface area contributed by atoms with Gasteiger partial charge in [-0.2, -0.15) is 0 Å². The molecule has 6 heteroatoms. The molecule has 0 bridgehead atoms. The molecular weight excluding hydrogens is 1010 g/mol. The van der Waals surface area contributed by atoms with Crippen LogP contribution < -0.4 is 10.8 Å². The standard InChI is InChI=1S/C66H95Br2N3O/c1-5-9-13-17-21-23-27-32-38-52(36-30-25-19-15-11-7-3)50-70-61-44-42-54(67)46-57(61)65(69-56-40-34-29-35-41-56)58-48-64-60(49-63(58)70)66(72)59-47-55(68)43-45-62(59)71(64)51-53(37-31-26-20-16-12-8-4)39-33-28-24-22-18-14-10-6-2/h29,34-35,40-49,52-53H,5-28,30-33,36-39,50-51H2,1-4H3. The lowest BCUT2D eigenvalue weighted by atomic mass is 9.92. The second-order valence-electron chi connectivity index (χ2n) is 21.9. The molecular formula is C66H95Br2N3O. The van der Waals surface area contributed by atoms with E-state index in [9.17, 15) is 0 Å². The van der Waals surface area contributed by atoms with Crippen LogP contribution >= 0.6 is 31.9 Å². The maximum atomic E-state index is 15.2. The van der Waals surface area contributed by atoms with Crippen molar-refractivity contribution in [3.8, 4) is 0 Å². The van der Waals surface area contributed by atoms with E-state index in [1.165, 1.54) is 211 Å². The van der Waals surface area contributed by atoms with Crippen molar-refractivity contribution in [2.24, 2.45) is 16.8 Å². The topological polar surface area (TPSA) is 39.3 Å². The molecule has 4 nitrogen and oxygen atoms in total. The lowest BCUT2D eigenvalue weighted by Gasteiger charge is -2.25. The first-order chi connectivity index (χ1) is 35.4. The second-order valence-corrected chi connectivity index (χ2v) is 23.8. The molecule has 2 aromatic heterocycles. The minimum atomic E-state index is 0.126. The van der Waals surface area contributed by atoms with Gasteiger partial charge < -0.3 is 9.13 Å². The van der Waals surface area contributed by atoms with Crippen LogP contribution in [0.1, 0.15) is 233 Å². The molecule has 0 saturated heterocycles. The molecule has 0 aliphatic rings. The van der Waals surface area contributed by atoms with Crippen molar-refractivity contribution in [2.75, 3.05) is 0 Å². The largest absolute Gasteiger partial charge is 0.340 e. The van der Waals surface area contributed by atoms with Gasteiger partial charge in [0.05, 0.1) is 33.1 Å². The highest BCUT2D eigenvalue weighted by atomic mass is 79.9. The quantitative estimate of drug-likeness (QED) is 0.0283. The fraction of sp³-hybridized carbons (Fsp3) is 0.606. The molecule has 72 heavy (non-hydrogen) atoms. The Hall–Kier alpha value is -3.22. The average Bonchev–Trinajstić information content (AvgIpc) is 3.39. The van der Waals surface area contributed by atoms with Crippen molar-refractivity contribution in [3.63, 3.8) is 0 Å². The molecule has 4 aromatic carbocycles. The summed E-state index contributed by atoms with van der Waals surface area (Å²) in [7, 11) is 0. The summed E-state index contributed by atoms with van der Waals surface area (Å²) in [6.07, 6.45) is 42.2. The van der Waals surface area contributed by atoms with Crippen LogP contribution in [-0.2, 0) is 13.1 Å². The van der Waals surface area contributed by atoms with Gasteiger partial charge in [-0.05, 0) is 98.2 Å². The van der Waals surface area contributed by atoms with Crippen LogP contribution in [0.2, 0.25) is 0 Å². The maximum Gasteiger partial charge on any atom is 0.197 e. The normalized spacial score (nSPS) is 13.1. The zero-order valence-electron chi connectivity index (χ0n) is 45.7. The highest BCUT2D eigenvalue weighted by Gasteiger charge is 2.21. The summed E-state index contributed by atoms with van der Waals surface area (Å²) in [5.74, 6) is 1.08. The predicted octanol–water partition coefficient (Wildman–Crippen LogP) is 21.8. The van der Waals surface area contributed by atoms with Crippen LogP contribution in [0.15, 0.2) is 97.6 Å². The summed E-state index contributed by atoms with van der Waals surface area (Å²) in [6, 6.07) is 28.4. The molecule has 0 aliphatic carbocycles. The summed E-state index contributed by atoms with van der Waals surface area (Å²) < 4.78 is 7.19. The first-order valence-corrected chi connectivity index (χ1v) is 31.5. The average molecular weight is 1110 g/mol. The van der Waals surface area contributed by atoms with E-state index >= 15 is 4.79 Å². The van der Waals surface area contributed by atoms with Crippen molar-refractivity contribution in [1.82, 2.24) is 9.13 Å². The summed E-state index contributed by atoms with van der Waals surface area (Å²) in [4.78, 5) is 20.8. The highest BCUT2D eigenvalue weighted by molar-refractivity contribution is 9.10. The number of rotatable bonds is 37. The Morgan fingerprint density at radius 3 is 1.15 bits per heavy atom. The number of benzene rings is 4. The van der Waals surface area contributed by atoms with Gasteiger partial charge in [0.25, 0.3) is 0 Å². The van der Waals surface area contributed by atoms with E-state index in [0.717, 1.165) is 71.2 Å². The van der Waals surface area contributed by atoms with Crippen LogP contribution in [0.5, 0.6) is 0 Å². The van der Waals surface area contributed by atoms with Gasteiger partial charge in [0.2, 0.25) is 0 Å². The first kappa shape index (κ1) is 58.0. The number of hydrogen-bond donors (Lipinski definition) is 0. The molecule has 2 heterocycles. The fourth-order valence-corrected chi connectivity index (χ4v) is 12.4. The van der Waals surface area contributed by atoms with Crippen LogP contribution in [-0.4, -0.2) is 9.13 Å². The third-order valence-corrected chi connectivity index (χ3v) is 16.9. The Morgan fingerprint density at radius 2 is 0.722 bits per heavy atom. The van der Waals surface area contributed by atoms with Crippen LogP contribution in [0.4, 0.5) is 5.69 Å². The van der Waals surface area contributed by atoms with Crippen molar-refractivity contribution in [1.29, 1.82) is 0 Å². The number of unbranched alkanes of at least 4 members (excludes halogenated alkanes) is 24. The van der Waals surface area contributed by atoms with E-state index in [1.807, 2.05) is 0 Å². The number of para-hydroxylation sites is 1. The molecule has 2 atom stereocenters. The molecule has 0 N–H and O–H groups in total. The van der Waals surface area contributed by atoms with Crippen molar-refractivity contribution in [2.45, 2.75) is 246 Å². The van der Waals surface area contributed by atoms with Crippen molar-refractivity contribution in [3.05, 3.63) is 103 Å². The molecule has 2 unspecified atom stereocenters. The van der Waals surface area contributed by atoms with E-state index in [4.69, 9.17) is 4.99 Å². The molecule has 0 amide bonds. The first-order valence-electron chi connectivity index (χ1n) is 29.9. The summed E-state index contributed by atoms with van der Waals surface area (Å²) in [5.41, 5.74) is 5.47. The van der Waals surface area contributed by atoms with Gasteiger partial charge >= 0.3 is 0 Å². The number of fused-ring (bicyclic) bond motifs is 4. The molecule has 0 spiro atoms. The maximum absolute atomic E-state index is 15.2. The summed E-state index contributed by atoms with van der Waals surface area (Å²) in [6.45, 7) is 11.1. The van der Waals surface area contributed by atoms with Crippen LogP contribution in [0.25, 0.3) is 43.6 Å². The van der Waals surface area contributed by atoms with Gasteiger partial charge in [-0.1, -0.05) is 258 Å². The van der Waals surface area contributed by atoms with Gasteiger partial charge in [-0.15, -0.1) is 0 Å². The van der Waals surface area contributed by atoms with E-state index < -0.39 is 0 Å². The Labute approximate surface area is 453 Å². The lowest BCUT2D eigenvalue weighted by Crippen LogP contribution is -2.20. The molecule has 0 aliphatic heterocycles. The van der Waals surface area contributed by atoms with Gasteiger partial charge in [-0.3, -0.25) is 4.79 Å². The monoisotopic (exact) mass is 1100 g/mol. The zero-order chi connectivity index (χ0) is 50.8. The predicted molar refractivity (Wildman–Crippen MR) is 323 cm³/mol. The summed E-state index contributed by atoms with van der Waals surface area (Å²) >= 11 is 7.72. The number of pyridine rings is 2. The van der Waals surface area contributed by atoms with Crippen molar-refractivity contribution >= 4 is 81.2 Å². The Balaban J connectivity index is 1.49. The fourth-order valence-electron chi connectivity index (χ4n) is 11.7. The minimum Gasteiger partial charge on any atom is -0.340 e. The van der Waals surface area contributed by atoms with Gasteiger partial charge in [0, 0.05) is 43.6 Å². The second kappa shape index (κ2) is 32.9. The summed E-state index contributed by atoms with van der Waals surface area (Å²) in [5, 5.41) is 4.90. The number of nitrogens with zero attached hydrogens (tertiary/aromatic N) is 3. The third kappa shape index (κ3) is 18.0. The lowest BCUT2D eigenvalue weighted by molar-refractivity contribution is 0.363. The Bertz CT molecular complexity index is 2630. The van der Waals surface area contributed by atoms with E-state index in [0.29, 0.717) is 11.8 Å². The number of hydrogen-bond acceptors (Lipinski definition) is 2. The smallest absolute Gasteiger partial charge is 0.197 e. The highest BCUT2D eigenvalue weighted by Crippen LogP contribution is 2.33. The number of halogens is 2. The van der Waals surface area contributed by atoms with Gasteiger partial charge in [-0.25, -0.2) is 4.99 Å². The Kier molecular flexibility index (Phi) is 26.6. The molecule has 6 aromatic rings. The molecule has 0 fully saturated rings. The SMILES string of the molecule is CCCCCCCCCCC(CCCCCCCC)Cn1c2ccc(Br)cc2c(=O)c2cc3c(cc21)c(=Nc1ccccc1)c1cc(Br)ccc1n3CC(CCCCCCCC)CCCCCCCCCC. The molecule has 0 saturated carbocycles. The van der Waals surface area contributed by atoms with Crippen LogP contribution in [0.3, 0.4) is 0 Å². The van der Waals surface area contributed by atoms with Gasteiger partial charge in [0.1, 0.15) is 0 Å². The van der Waals surface area contributed by atoms with Crippen LogP contribution in [0, 0.1) is 11.8 Å². The van der Waals surface area contributed by atoms with E-state index in [2.05, 4.69) is 148 Å². The molecule has 6 rings (SSSR count).